The number of oxime groups is 2. The second-order valence-corrected chi connectivity index (χ2v) is 4.64. The van der Waals surface area contributed by atoms with Gasteiger partial charge in [0.2, 0.25) is 0 Å². The minimum absolute atomic E-state index is 0.560. The number of nitrogens with zero attached hydrogens (tertiary/aromatic N) is 2. The van der Waals surface area contributed by atoms with E-state index < -0.39 is 36.0 Å². The van der Waals surface area contributed by atoms with E-state index in [2.05, 4.69) is 25.3 Å². The van der Waals surface area contributed by atoms with Crippen LogP contribution in [-0.2, 0) is 19.3 Å². The third kappa shape index (κ3) is 8.02. The number of alkyl halides is 3. The zero-order chi connectivity index (χ0) is 18.0. The molecule has 0 fully saturated rings. The Labute approximate surface area is 131 Å². The third-order valence-corrected chi connectivity index (χ3v) is 2.59. The van der Waals surface area contributed by atoms with E-state index in [-0.39, 0.29) is 0 Å². The first-order valence-corrected chi connectivity index (χ1v) is 6.44. The number of hydrogen-bond acceptors (Lipinski definition) is 6. The maximum atomic E-state index is 13.2. The quantitative estimate of drug-likeness (QED) is 0.494. The van der Waals surface area contributed by atoms with Crippen molar-refractivity contribution >= 4 is 24.2 Å². The van der Waals surface area contributed by atoms with Gasteiger partial charge in [-0.3, -0.25) is 9.59 Å². The van der Waals surface area contributed by atoms with Crippen molar-refractivity contribution in [2.24, 2.45) is 16.2 Å². The van der Waals surface area contributed by atoms with Crippen LogP contribution in [0.1, 0.15) is 13.8 Å². The summed E-state index contributed by atoms with van der Waals surface area (Å²) in [7, 11) is 2.31. The van der Waals surface area contributed by atoms with Crippen molar-refractivity contribution in [1.29, 1.82) is 0 Å². The van der Waals surface area contributed by atoms with E-state index >= 15 is 0 Å². The maximum absolute atomic E-state index is 13.2. The molecule has 2 unspecified atom stereocenters. The van der Waals surface area contributed by atoms with Crippen molar-refractivity contribution in [1.82, 2.24) is 10.6 Å². The SMILES string of the molecule is CON=CC(=O)NC(C(C)C)C(NC(=O)C=NOC)C(F)(F)F. The van der Waals surface area contributed by atoms with E-state index in [1.165, 1.54) is 21.0 Å². The molecule has 2 amide bonds. The van der Waals surface area contributed by atoms with Crippen LogP contribution in [0.25, 0.3) is 0 Å². The molecule has 0 aliphatic heterocycles. The molecule has 11 heteroatoms. The maximum Gasteiger partial charge on any atom is 0.410 e. The monoisotopic (exact) mass is 340 g/mol. The second kappa shape index (κ2) is 9.64. The van der Waals surface area contributed by atoms with E-state index in [1.807, 2.05) is 0 Å². The Bertz CT molecular complexity index is 452. The van der Waals surface area contributed by atoms with Crippen LogP contribution in [0.5, 0.6) is 0 Å². The summed E-state index contributed by atoms with van der Waals surface area (Å²) in [6, 6.07) is -3.75. The standard InChI is InChI=1S/C12H19F3N4O4/c1-7(2)10(18-8(20)5-16-22-3)11(12(13,14)15)19-9(21)6-17-23-4/h5-7,10-11H,1-4H3,(H,18,20)(H,19,21). The van der Waals surface area contributed by atoms with Gasteiger partial charge < -0.3 is 20.3 Å². The molecule has 0 aliphatic rings. The summed E-state index contributed by atoms with van der Waals surface area (Å²) in [5.41, 5.74) is 0. The zero-order valence-electron chi connectivity index (χ0n) is 13.0. The van der Waals surface area contributed by atoms with Crippen LogP contribution in [-0.4, -0.2) is 56.7 Å². The lowest BCUT2D eigenvalue weighted by molar-refractivity contribution is -0.168. The van der Waals surface area contributed by atoms with Crippen LogP contribution in [0.15, 0.2) is 10.3 Å². The van der Waals surface area contributed by atoms with Gasteiger partial charge in [0.15, 0.2) is 0 Å². The highest BCUT2D eigenvalue weighted by Crippen LogP contribution is 2.25. The van der Waals surface area contributed by atoms with Crippen LogP contribution in [0.3, 0.4) is 0 Å². The lowest BCUT2D eigenvalue weighted by Crippen LogP contribution is -2.60. The Morgan fingerprint density at radius 3 is 1.78 bits per heavy atom. The molecule has 0 heterocycles. The van der Waals surface area contributed by atoms with Crippen LogP contribution in [0, 0.1) is 5.92 Å². The molecule has 0 saturated heterocycles. The highest BCUT2D eigenvalue weighted by molar-refractivity contribution is 6.26. The fraction of sp³-hybridized carbons (Fsp3) is 0.667. The second-order valence-electron chi connectivity index (χ2n) is 4.64. The molecule has 0 aromatic heterocycles. The molecule has 0 aromatic rings. The Balaban J connectivity index is 5.28. The highest BCUT2D eigenvalue weighted by Gasteiger charge is 2.47. The molecule has 132 valence electrons. The predicted molar refractivity (Wildman–Crippen MR) is 75.8 cm³/mol. The van der Waals surface area contributed by atoms with Crippen LogP contribution < -0.4 is 10.6 Å². The smallest absolute Gasteiger partial charge is 0.399 e. The van der Waals surface area contributed by atoms with Gasteiger partial charge in [0.05, 0.1) is 6.04 Å². The predicted octanol–water partition coefficient (Wildman–Crippen LogP) is 0.439. The van der Waals surface area contributed by atoms with Gasteiger partial charge in [-0.15, -0.1) is 0 Å². The molecule has 0 bridgehead atoms. The Morgan fingerprint density at radius 2 is 1.43 bits per heavy atom. The molecule has 2 atom stereocenters. The van der Waals surface area contributed by atoms with Crippen molar-refractivity contribution in [2.45, 2.75) is 32.1 Å². The van der Waals surface area contributed by atoms with E-state index in [0.29, 0.717) is 12.4 Å². The number of rotatable bonds is 8. The van der Waals surface area contributed by atoms with Crippen molar-refractivity contribution in [2.75, 3.05) is 14.2 Å². The summed E-state index contributed by atoms with van der Waals surface area (Å²) < 4.78 is 39.6. The number of carbonyl (C=O) groups is 2. The fourth-order valence-corrected chi connectivity index (χ4v) is 1.60. The number of halogens is 3. The Morgan fingerprint density at radius 1 is 1.00 bits per heavy atom. The number of nitrogens with one attached hydrogen (secondary N) is 2. The molecular formula is C12H19F3N4O4. The molecule has 0 saturated carbocycles. The van der Waals surface area contributed by atoms with E-state index in [4.69, 9.17) is 0 Å². The van der Waals surface area contributed by atoms with Gasteiger partial charge >= 0.3 is 6.18 Å². The molecule has 0 aromatic carbocycles. The van der Waals surface area contributed by atoms with Gasteiger partial charge in [0.1, 0.15) is 32.7 Å². The number of hydrogen-bond donors (Lipinski definition) is 2. The fourth-order valence-electron chi connectivity index (χ4n) is 1.60. The lowest BCUT2D eigenvalue weighted by Gasteiger charge is -2.32. The average molecular weight is 340 g/mol. The lowest BCUT2D eigenvalue weighted by atomic mass is 9.95. The summed E-state index contributed by atoms with van der Waals surface area (Å²) in [5.74, 6) is -2.64. The van der Waals surface area contributed by atoms with Crippen molar-refractivity contribution in [3.05, 3.63) is 0 Å². The minimum Gasteiger partial charge on any atom is -0.399 e. The molecule has 0 aliphatic carbocycles. The highest BCUT2D eigenvalue weighted by atomic mass is 19.4. The van der Waals surface area contributed by atoms with E-state index in [1.54, 1.807) is 5.32 Å². The largest absolute Gasteiger partial charge is 0.410 e. The third-order valence-electron chi connectivity index (χ3n) is 2.59. The summed E-state index contributed by atoms with van der Waals surface area (Å²) in [6.07, 6.45) is -3.54. The topological polar surface area (TPSA) is 101 Å². The molecule has 8 nitrogen and oxygen atoms in total. The molecule has 2 N–H and O–H groups in total. The Kier molecular flexibility index (Phi) is 8.66. The first kappa shape index (κ1) is 20.7. The van der Waals surface area contributed by atoms with Gasteiger partial charge in [0, 0.05) is 0 Å². The van der Waals surface area contributed by atoms with Gasteiger partial charge in [0.25, 0.3) is 11.8 Å². The zero-order valence-corrected chi connectivity index (χ0v) is 13.0. The van der Waals surface area contributed by atoms with Crippen LogP contribution in [0.4, 0.5) is 13.2 Å². The number of carbonyl (C=O) groups excluding carboxylic acids is 2. The molecule has 23 heavy (non-hydrogen) atoms. The van der Waals surface area contributed by atoms with Crippen molar-refractivity contribution < 1.29 is 32.4 Å². The Hall–Kier alpha value is -2.33. The first-order chi connectivity index (χ1) is 10.6. The van der Waals surface area contributed by atoms with E-state index in [0.717, 1.165) is 7.11 Å². The summed E-state index contributed by atoms with van der Waals surface area (Å²) in [4.78, 5) is 31.5. The molecule has 0 rings (SSSR count). The van der Waals surface area contributed by atoms with E-state index in [9.17, 15) is 22.8 Å². The number of amides is 2. The molecule has 0 radical (unpaired) electrons. The van der Waals surface area contributed by atoms with Gasteiger partial charge in [-0.25, -0.2) is 0 Å². The van der Waals surface area contributed by atoms with Gasteiger partial charge in [-0.1, -0.05) is 24.2 Å². The molecule has 0 spiro atoms. The van der Waals surface area contributed by atoms with Gasteiger partial charge in [-0.05, 0) is 5.92 Å². The minimum atomic E-state index is -4.79. The summed E-state index contributed by atoms with van der Waals surface area (Å²) >= 11 is 0. The molecular weight excluding hydrogens is 321 g/mol. The van der Waals surface area contributed by atoms with Crippen LogP contribution >= 0.6 is 0 Å². The average Bonchev–Trinajstić information content (AvgIpc) is 2.45. The van der Waals surface area contributed by atoms with Crippen LogP contribution in [0.2, 0.25) is 0 Å². The van der Waals surface area contributed by atoms with Crippen molar-refractivity contribution in [3.63, 3.8) is 0 Å². The summed E-state index contributed by atoms with van der Waals surface area (Å²) in [5, 5.41) is 10.1. The normalized spacial score (nSPS) is 14.8. The van der Waals surface area contributed by atoms with Gasteiger partial charge in [-0.2, -0.15) is 13.2 Å². The summed E-state index contributed by atoms with van der Waals surface area (Å²) in [6.45, 7) is 2.93. The van der Waals surface area contributed by atoms with Crippen molar-refractivity contribution in [3.8, 4) is 0 Å². The first-order valence-electron chi connectivity index (χ1n) is 6.44.